The van der Waals surface area contributed by atoms with Crippen molar-refractivity contribution in [3.63, 3.8) is 0 Å². The molecule has 0 spiro atoms. The highest BCUT2D eigenvalue weighted by Crippen LogP contribution is 2.23. The molecule has 0 bridgehead atoms. The average Bonchev–Trinajstić information content (AvgIpc) is 3.34. The molecule has 1 aromatic carbocycles. The second-order valence-electron chi connectivity index (χ2n) is 8.72. The molecule has 0 unspecified atom stereocenters. The number of likely N-dealkylation sites (tertiary alicyclic amines) is 2. The molecule has 0 radical (unpaired) electrons. The fourth-order valence-electron chi connectivity index (χ4n) is 4.76. The van der Waals surface area contributed by atoms with Gasteiger partial charge in [0.2, 0.25) is 5.91 Å². The zero-order valence-corrected chi connectivity index (χ0v) is 18.1. The molecule has 3 amide bonds. The Morgan fingerprint density at radius 2 is 1.63 bits per heavy atom. The van der Waals surface area contributed by atoms with Crippen LogP contribution in [0.5, 0.6) is 0 Å². The van der Waals surface area contributed by atoms with Gasteiger partial charge in [-0.25, -0.2) is 4.79 Å². The van der Waals surface area contributed by atoms with Gasteiger partial charge in [0.15, 0.2) is 0 Å². The van der Waals surface area contributed by atoms with Gasteiger partial charge in [-0.3, -0.25) is 4.79 Å². The lowest BCUT2D eigenvalue weighted by molar-refractivity contribution is -0.136. The maximum Gasteiger partial charge on any atom is 0.320 e. The van der Waals surface area contributed by atoms with Gasteiger partial charge in [0.25, 0.3) is 0 Å². The predicted octanol–water partition coefficient (Wildman–Crippen LogP) is 2.41. The van der Waals surface area contributed by atoms with Crippen LogP contribution in [0.4, 0.5) is 10.5 Å². The van der Waals surface area contributed by atoms with Crippen molar-refractivity contribution in [2.24, 2.45) is 5.92 Å². The van der Waals surface area contributed by atoms with Gasteiger partial charge in [-0.2, -0.15) is 0 Å². The van der Waals surface area contributed by atoms with E-state index in [0.29, 0.717) is 13.1 Å². The third-order valence-electron chi connectivity index (χ3n) is 6.53. The van der Waals surface area contributed by atoms with Crippen molar-refractivity contribution < 1.29 is 14.3 Å². The Labute approximate surface area is 179 Å². The van der Waals surface area contributed by atoms with E-state index in [4.69, 9.17) is 4.74 Å². The first-order valence-electron chi connectivity index (χ1n) is 11.3. The highest BCUT2D eigenvalue weighted by Gasteiger charge is 2.32. The van der Waals surface area contributed by atoms with Crippen LogP contribution in [-0.2, 0) is 16.1 Å². The fraction of sp³-hybridized carbons (Fsp3) is 0.652. The predicted molar refractivity (Wildman–Crippen MR) is 116 cm³/mol. The van der Waals surface area contributed by atoms with Gasteiger partial charge in [-0.05, 0) is 43.4 Å². The standard InChI is InChI=1S/C23H34N4O3/c1-24(17-19-6-8-21(9-7-19)25-13-15-30-16-14-25)22(28)20-5-4-12-27(18-20)23(29)26-10-2-3-11-26/h6-9,20H,2-5,10-18H2,1H3/t20-/m1/s1. The molecule has 164 valence electrons. The minimum atomic E-state index is -0.0945. The summed E-state index contributed by atoms with van der Waals surface area (Å²) in [7, 11) is 1.87. The van der Waals surface area contributed by atoms with Gasteiger partial charge in [-0.15, -0.1) is 0 Å². The number of hydrogen-bond donors (Lipinski definition) is 0. The lowest BCUT2D eigenvalue weighted by Crippen LogP contribution is -2.49. The number of benzene rings is 1. The maximum atomic E-state index is 13.1. The van der Waals surface area contributed by atoms with E-state index in [9.17, 15) is 9.59 Å². The molecule has 3 heterocycles. The van der Waals surface area contributed by atoms with E-state index in [-0.39, 0.29) is 17.9 Å². The number of carbonyl (C=O) groups excluding carboxylic acids is 2. The molecule has 0 aromatic heterocycles. The molecule has 1 atom stereocenters. The van der Waals surface area contributed by atoms with Crippen LogP contribution in [0.15, 0.2) is 24.3 Å². The summed E-state index contributed by atoms with van der Waals surface area (Å²) < 4.78 is 5.42. The summed E-state index contributed by atoms with van der Waals surface area (Å²) in [4.78, 5) is 33.7. The Morgan fingerprint density at radius 3 is 2.33 bits per heavy atom. The average molecular weight is 415 g/mol. The number of urea groups is 1. The fourth-order valence-corrected chi connectivity index (χ4v) is 4.76. The summed E-state index contributed by atoms with van der Waals surface area (Å²) in [6.45, 7) is 7.02. The molecule has 30 heavy (non-hydrogen) atoms. The lowest BCUT2D eigenvalue weighted by atomic mass is 9.96. The van der Waals surface area contributed by atoms with Crippen molar-refractivity contribution in [3.8, 4) is 0 Å². The molecule has 1 aromatic rings. The molecule has 3 saturated heterocycles. The second kappa shape index (κ2) is 9.69. The first-order valence-corrected chi connectivity index (χ1v) is 11.3. The minimum Gasteiger partial charge on any atom is -0.378 e. The van der Waals surface area contributed by atoms with Gasteiger partial charge in [0, 0.05) is 58.5 Å². The molecular formula is C23H34N4O3. The molecule has 4 rings (SSSR count). The van der Waals surface area contributed by atoms with E-state index in [1.54, 1.807) is 0 Å². The number of piperidine rings is 1. The van der Waals surface area contributed by atoms with E-state index < -0.39 is 0 Å². The Bertz CT molecular complexity index is 726. The molecule has 3 fully saturated rings. The monoisotopic (exact) mass is 414 g/mol. The number of carbonyl (C=O) groups is 2. The summed E-state index contributed by atoms with van der Waals surface area (Å²) >= 11 is 0. The number of nitrogens with zero attached hydrogens (tertiary/aromatic N) is 4. The van der Waals surface area contributed by atoms with Crippen LogP contribution in [0, 0.1) is 5.92 Å². The van der Waals surface area contributed by atoms with Crippen LogP contribution >= 0.6 is 0 Å². The first-order chi connectivity index (χ1) is 14.6. The number of morpholine rings is 1. The molecule has 0 aliphatic carbocycles. The van der Waals surface area contributed by atoms with Crippen molar-refractivity contribution in [2.75, 3.05) is 64.4 Å². The van der Waals surface area contributed by atoms with Crippen LogP contribution in [0.25, 0.3) is 0 Å². The van der Waals surface area contributed by atoms with Crippen LogP contribution in [-0.4, -0.2) is 86.2 Å². The third kappa shape index (κ3) is 4.89. The van der Waals surface area contributed by atoms with Crippen LogP contribution in [0.1, 0.15) is 31.2 Å². The molecule has 7 heteroatoms. The topological polar surface area (TPSA) is 56.3 Å². The number of hydrogen-bond acceptors (Lipinski definition) is 4. The van der Waals surface area contributed by atoms with E-state index in [2.05, 4.69) is 29.2 Å². The first kappa shape index (κ1) is 21.0. The number of rotatable bonds is 4. The van der Waals surface area contributed by atoms with Gasteiger partial charge in [0.05, 0.1) is 19.1 Å². The molecule has 3 aliphatic rings. The third-order valence-corrected chi connectivity index (χ3v) is 6.53. The van der Waals surface area contributed by atoms with Crippen molar-refractivity contribution in [3.05, 3.63) is 29.8 Å². The Balaban J connectivity index is 1.31. The summed E-state index contributed by atoms with van der Waals surface area (Å²) in [5, 5.41) is 0. The minimum absolute atomic E-state index is 0.0945. The van der Waals surface area contributed by atoms with E-state index in [1.165, 1.54) is 5.69 Å². The van der Waals surface area contributed by atoms with Crippen LogP contribution < -0.4 is 4.90 Å². The Kier molecular flexibility index (Phi) is 6.77. The lowest BCUT2D eigenvalue weighted by Gasteiger charge is -2.36. The van der Waals surface area contributed by atoms with Crippen LogP contribution in [0.2, 0.25) is 0 Å². The molecule has 0 N–H and O–H groups in total. The Hall–Kier alpha value is -2.28. The molecule has 3 aliphatic heterocycles. The quantitative estimate of drug-likeness (QED) is 0.759. The second-order valence-corrected chi connectivity index (χ2v) is 8.72. The number of amides is 3. The van der Waals surface area contributed by atoms with Gasteiger partial charge in [0.1, 0.15) is 0 Å². The van der Waals surface area contributed by atoms with E-state index in [1.807, 2.05) is 21.7 Å². The molecule has 7 nitrogen and oxygen atoms in total. The zero-order chi connectivity index (χ0) is 20.9. The number of anilines is 1. The van der Waals surface area contributed by atoms with Crippen LogP contribution in [0.3, 0.4) is 0 Å². The smallest absolute Gasteiger partial charge is 0.320 e. The van der Waals surface area contributed by atoms with E-state index >= 15 is 0 Å². The highest BCUT2D eigenvalue weighted by atomic mass is 16.5. The summed E-state index contributed by atoms with van der Waals surface area (Å²) in [6.07, 6.45) is 3.95. The van der Waals surface area contributed by atoms with Crippen molar-refractivity contribution in [1.82, 2.24) is 14.7 Å². The van der Waals surface area contributed by atoms with Gasteiger partial charge >= 0.3 is 6.03 Å². The van der Waals surface area contributed by atoms with Crippen molar-refractivity contribution in [2.45, 2.75) is 32.2 Å². The Morgan fingerprint density at radius 1 is 0.967 bits per heavy atom. The summed E-state index contributed by atoms with van der Waals surface area (Å²) in [5.74, 6) is 0.0501. The van der Waals surface area contributed by atoms with Crippen molar-refractivity contribution in [1.29, 1.82) is 0 Å². The van der Waals surface area contributed by atoms with Gasteiger partial charge < -0.3 is 24.3 Å². The summed E-state index contributed by atoms with van der Waals surface area (Å²) in [6, 6.07) is 8.61. The number of ether oxygens (including phenoxy) is 1. The highest BCUT2D eigenvalue weighted by molar-refractivity contribution is 5.81. The van der Waals surface area contributed by atoms with E-state index in [0.717, 1.165) is 77.2 Å². The summed E-state index contributed by atoms with van der Waals surface area (Å²) in [5.41, 5.74) is 2.34. The zero-order valence-electron chi connectivity index (χ0n) is 18.1. The maximum absolute atomic E-state index is 13.1. The largest absolute Gasteiger partial charge is 0.378 e. The SMILES string of the molecule is CN(Cc1ccc(N2CCOCC2)cc1)C(=O)[C@@H]1CCCN(C(=O)N2CCCC2)C1. The van der Waals surface area contributed by atoms with Crippen molar-refractivity contribution >= 4 is 17.6 Å². The molecular weight excluding hydrogens is 380 g/mol. The van der Waals surface area contributed by atoms with Gasteiger partial charge in [-0.1, -0.05) is 12.1 Å². The molecule has 0 saturated carbocycles. The normalized spacial score (nSPS) is 22.3.